The van der Waals surface area contributed by atoms with Crippen molar-refractivity contribution < 1.29 is 33.0 Å². The molecule has 182 valence electrons. The van der Waals surface area contributed by atoms with Gasteiger partial charge in [-0.15, -0.1) is 0 Å². The SMILES string of the molecule is COc1ccc(/C=C/C(=O)Oc2ccc3cc(C(=O)NCC4CCCO4)c(=O)oc3c2)c(OC)c1. The Kier molecular flexibility index (Phi) is 7.47. The molecular formula is C26H25NO8. The summed E-state index contributed by atoms with van der Waals surface area (Å²) in [5.41, 5.74) is -0.0224. The zero-order chi connectivity index (χ0) is 24.8. The number of hydrogen-bond donors (Lipinski definition) is 1. The fourth-order valence-electron chi connectivity index (χ4n) is 3.68. The molecule has 0 bridgehead atoms. The monoisotopic (exact) mass is 479 g/mol. The van der Waals surface area contributed by atoms with Crippen LogP contribution < -0.4 is 25.2 Å². The van der Waals surface area contributed by atoms with Gasteiger partial charge in [-0.3, -0.25) is 4.79 Å². The standard InChI is InChI=1S/C26H25NO8/c1-31-18-8-5-16(22(13-18)32-2)7-10-24(28)34-19-9-6-17-12-21(26(30)35-23(17)14-19)25(29)27-15-20-4-3-11-33-20/h5-10,12-14,20H,3-4,11,15H2,1-2H3,(H,27,29)/b10-7+. The number of rotatable bonds is 8. The number of nitrogens with one attached hydrogen (secondary N) is 1. The second-order valence-electron chi connectivity index (χ2n) is 7.85. The predicted molar refractivity (Wildman–Crippen MR) is 128 cm³/mol. The number of amides is 1. The Balaban J connectivity index is 1.44. The molecule has 0 radical (unpaired) electrons. The van der Waals surface area contributed by atoms with Crippen molar-refractivity contribution in [2.45, 2.75) is 18.9 Å². The van der Waals surface area contributed by atoms with Gasteiger partial charge in [0.25, 0.3) is 5.91 Å². The van der Waals surface area contributed by atoms with Crippen LogP contribution >= 0.6 is 0 Å². The third kappa shape index (κ3) is 5.88. The number of carbonyl (C=O) groups is 2. The average molecular weight is 479 g/mol. The van der Waals surface area contributed by atoms with Gasteiger partial charge in [-0.05, 0) is 49.2 Å². The molecule has 1 unspecified atom stereocenters. The van der Waals surface area contributed by atoms with Gasteiger partial charge in [-0.25, -0.2) is 9.59 Å². The summed E-state index contributed by atoms with van der Waals surface area (Å²) in [7, 11) is 3.07. The van der Waals surface area contributed by atoms with Crippen LogP contribution in [0.2, 0.25) is 0 Å². The quantitative estimate of drug-likeness (QED) is 0.227. The molecule has 0 spiro atoms. The molecular weight excluding hydrogens is 454 g/mol. The molecule has 35 heavy (non-hydrogen) atoms. The first kappa shape index (κ1) is 24.0. The second-order valence-corrected chi connectivity index (χ2v) is 7.85. The highest BCUT2D eigenvalue weighted by molar-refractivity contribution is 5.97. The van der Waals surface area contributed by atoms with Crippen molar-refractivity contribution >= 4 is 28.9 Å². The molecule has 1 atom stereocenters. The minimum absolute atomic E-state index is 0.0384. The number of benzene rings is 2. The summed E-state index contributed by atoms with van der Waals surface area (Å²) in [6, 6.07) is 11.2. The van der Waals surface area contributed by atoms with E-state index in [9.17, 15) is 14.4 Å². The molecule has 4 rings (SSSR count). The van der Waals surface area contributed by atoms with Crippen LogP contribution in [-0.2, 0) is 9.53 Å². The van der Waals surface area contributed by atoms with Gasteiger partial charge < -0.3 is 28.7 Å². The highest BCUT2D eigenvalue weighted by Gasteiger charge is 2.19. The van der Waals surface area contributed by atoms with Crippen molar-refractivity contribution in [2.75, 3.05) is 27.4 Å². The van der Waals surface area contributed by atoms with Gasteiger partial charge in [0.1, 0.15) is 28.4 Å². The molecule has 1 N–H and O–H groups in total. The van der Waals surface area contributed by atoms with Crippen LogP contribution in [-0.4, -0.2) is 45.4 Å². The molecule has 2 heterocycles. The van der Waals surface area contributed by atoms with Gasteiger partial charge in [-0.2, -0.15) is 0 Å². The van der Waals surface area contributed by atoms with Crippen molar-refractivity contribution in [1.29, 1.82) is 0 Å². The van der Waals surface area contributed by atoms with Crippen molar-refractivity contribution in [3.05, 3.63) is 70.1 Å². The van der Waals surface area contributed by atoms with Crippen molar-refractivity contribution in [1.82, 2.24) is 5.32 Å². The smallest absolute Gasteiger partial charge is 0.349 e. The Morgan fingerprint density at radius 1 is 1.09 bits per heavy atom. The fraction of sp³-hybridized carbons (Fsp3) is 0.269. The summed E-state index contributed by atoms with van der Waals surface area (Å²) < 4.78 is 26.6. The van der Waals surface area contributed by atoms with Crippen molar-refractivity contribution in [3.8, 4) is 17.2 Å². The molecule has 1 fully saturated rings. The van der Waals surface area contributed by atoms with E-state index in [-0.39, 0.29) is 23.0 Å². The molecule has 9 nitrogen and oxygen atoms in total. The lowest BCUT2D eigenvalue weighted by Gasteiger charge is -2.10. The van der Waals surface area contributed by atoms with Crippen LogP contribution in [0.1, 0.15) is 28.8 Å². The first-order chi connectivity index (χ1) is 17.0. The molecule has 0 aliphatic carbocycles. The number of ether oxygens (including phenoxy) is 4. The molecule has 3 aromatic rings. The van der Waals surface area contributed by atoms with Crippen LogP contribution in [0.3, 0.4) is 0 Å². The van der Waals surface area contributed by atoms with Gasteiger partial charge in [0, 0.05) is 42.3 Å². The van der Waals surface area contributed by atoms with E-state index in [0.29, 0.717) is 35.6 Å². The molecule has 1 aliphatic rings. The van der Waals surface area contributed by atoms with E-state index >= 15 is 0 Å². The average Bonchev–Trinajstić information content (AvgIpc) is 3.39. The van der Waals surface area contributed by atoms with E-state index in [1.54, 1.807) is 43.5 Å². The first-order valence-electron chi connectivity index (χ1n) is 11.1. The summed E-state index contributed by atoms with van der Waals surface area (Å²) in [6.07, 6.45) is 4.60. The number of methoxy groups -OCH3 is 2. The molecule has 1 aromatic heterocycles. The van der Waals surface area contributed by atoms with E-state index in [4.69, 9.17) is 23.4 Å². The number of hydrogen-bond acceptors (Lipinski definition) is 8. The lowest BCUT2D eigenvalue weighted by molar-refractivity contribution is -0.128. The summed E-state index contributed by atoms with van der Waals surface area (Å²) in [5.74, 6) is 0.201. The second kappa shape index (κ2) is 10.9. The summed E-state index contributed by atoms with van der Waals surface area (Å²) in [6.45, 7) is 1.01. The lowest BCUT2D eigenvalue weighted by atomic mass is 10.1. The largest absolute Gasteiger partial charge is 0.497 e. The van der Waals surface area contributed by atoms with Crippen molar-refractivity contribution in [2.24, 2.45) is 0 Å². The fourth-order valence-corrected chi connectivity index (χ4v) is 3.68. The van der Waals surface area contributed by atoms with Crippen LogP contribution in [0.15, 0.2) is 57.8 Å². The van der Waals surface area contributed by atoms with Crippen LogP contribution in [0.5, 0.6) is 17.2 Å². The lowest BCUT2D eigenvalue weighted by Crippen LogP contribution is -2.34. The Labute approximate surface area is 201 Å². The minimum Gasteiger partial charge on any atom is -0.497 e. The highest BCUT2D eigenvalue weighted by atomic mass is 16.5. The van der Waals surface area contributed by atoms with E-state index in [1.807, 2.05) is 0 Å². The zero-order valence-corrected chi connectivity index (χ0v) is 19.4. The van der Waals surface area contributed by atoms with Crippen molar-refractivity contribution in [3.63, 3.8) is 0 Å². The minimum atomic E-state index is -0.780. The zero-order valence-electron chi connectivity index (χ0n) is 19.4. The Bertz CT molecular complexity index is 1320. The topological polar surface area (TPSA) is 113 Å². The normalized spacial score (nSPS) is 15.3. The summed E-state index contributed by atoms with van der Waals surface area (Å²) in [4.78, 5) is 37.1. The highest BCUT2D eigenvalue weighted by Crippen LogP contribution is 2.26. The summed E-state index contributed by atoms with van der Waals surface area (Å²) >= 11 is 0. The number of fused-ring (bicyclic) bond motifs is 1. The number of carbonyl (C=O) groups excluding carboxylic acids is 2. The molecule has 1 aliphatic heterocycles. The first-order valence-corrected chi connectivity index (χ1v) is 11.1. The van der Waals surface area contributed by atoms with E-state index in [2.05, 4.69) is 5.32 Å². The van der Waals surface area contributed by atoms with E-state index in [0.717, 1.165) is 12.8 Å². The molecule has 9 heteroatoms. The van der Waals surface area contributed by atoms with E-state index < -0.39 is 17.5 Å². The van der Waals surface area contributed by atoms with Gasteiger partial charge in [0.2, 0.25) is 0 Å². The maximum Gasteiger partial charge on any atom is 0.349 e. The van der Waals surface area contributed by atoms with E-state index in [1.165, 1.54) is 25.3 Å². The molecule has 1 saturated heterocycles. The van der Waals surface area contributed by atoms with Crippen LogP contribution in [0.25, 0.3) is 17.0 Å². The predicted octanol–water partition coefficient (Wildman–Crippen LogP) is 3.34. The third-order valence-electron chi connectivity index (χ3n) is 5.52. The Morgan fingerprint density at radius 3 is 2.66 bits per heavy atom. The third-order valence-corrected chi connectivity index (χ3v) is 5.52. The Hall–Kier alpha value is -4.11. The van der Waals surface area contributed by atoms with Gasteiger partial charge in [0.05, 0.1) is 20.3 Å². The maximum atomic E-state index is 12.4. The van der Waals surface area contributed by atoms with Gasteiger partial charge >= 0.3 is 11.6 Å². The Morgan fingerprint density at radius 2 is 1.91 bits per heavy atom. The van der Waals surface area contributed by atoms with Crippen LogP contribution in [0, 0.1) is 0 Å². The molecule has 0 saturated carbocycles. The van der Waals surface area contributed by atoms with Gasteiger partial charge in [0.15, 0.2) is 0 Å². The maximum absolute atomic E-state index is 12.4. The molecule has 2 aromatic carbocycles. The summed E-state index contributed by atoms with van der Waals surface area (Å²) in [5, 5.41) is 3.23. The molecule has 1 amide bonds. The number of esters is 1. The van der Waals surface area contributed by atoms with Crippen LogP contribution in [0.4, 0.5) is 0 Å². The van der Waals surface area contributed by atoms with Gasteiger partial charge in [-0.1, -0.05) is 0 Å².